The lowest BCUT2D eigenvalue weighted by Crippen LogP contribution is -2.16. The van der Waals surface area contributed by atoms with E-state index in [0.717, 1.165) is 0 Å². The summed E-state index contributed by atoms with van der Waals surface area (Å²) in [6, 6.07) is 1.45. The Bertz CT molecular complexity index is 319. The van der Waals surface area contributed by atoms with E-state index in [1.54, 1.807) is 13.2 Å². The minimum absolute atomic E-state index is 0.0881. The van der Waals surface area contributed by atoms with Gasteiger partial charge in [0.2, 0.25) is 0 Å². The van der Waals surface area contributed by atoms with Crippen molar-refractivity contribution in [2.75, 3.05) is 0 Å². The van der Waals surface area contributed by atoms with Gasteiger partial charge in [0.15, 0.2) is 0 Å². The van der Waals surface area contributed by atoms with Crippen molar-refractivity contribution in [3.05, 3.63) is 33.2 Å². The number of rotatable bonds is 1. The highest BCUT2D eigenvalue weighted by atomic mass is 35.5. The summed E-state index contributed by atoms with van der Waals surface area (Å²) in [7, 11) is 1.65. The van der Waals surface area contributed by atoms with Gasteiger partial charge >= 0.3 is 0 Å². The quantitative estimate of drug-likeness (QED) is 0.671. The van der Waals surface area contributed by atoms with E-state index in [0.29, 0.717) is 17.1 Å². The second kappa shape index (κ2) is 3.07. The fraction of sp³-hybridized carbons (Fsp3) is 0.286. The summed E-state index contributed by atoms with van der Waals surface area (Å²) in [5, 5.41) is 0.537. The Labute approximate surface area is 69.4 Å². The lowest BCUT2D eigenvalue weighted by Gasteiger charge is -2.01. The van der Waals surface area contributed by atoms with Crippen LogP contribution in [0.25, 0.3) is 0 Å². The topological polar surface area (TPSA) is 48.0 Å². The SMILES string of the molecule is Cn1cc(Cl)c(CN)cc1=O. The Morgan fingerprint density at radius 1 is 1.73 bits per heavy atom. The lowest BCUT2D eigenvalue weighted by molar-refractivity contribution is 0.848. The zero-order valence-electron chi connectivity index (χ0n) is 6.17. The maximum atomic E-state index is 11.0. The molecule has 2 N–H and O–H groups in total. The van der Waals surface area contributed by atoms with Gasteiger partial charge in [0.1, 0.15) is 0 Å². The van der Waals surface area contributed by atoms with Crippen LogP contribution in [0.5, 0.6) is 0 Å². The molecule has 1 rings (SSSR count). The molecule has 0 amide bonds. The molecule has 4 heteroatoms. The first kappa shape index (κ1) is 8.30. The number of halogens is 1. The monoisotopic (exact) mass is 172 g/mol. The van der Waals surface area contributed by atoms with Gasteiger partial charge in [-0.15, -0.1) is 0 Å². The third kappa shape index (κ3) is 1.61. The summed E-state index contributed by atoms with van der Waals surface area (Å²) in [5.74, 6) is 0. The van der Waals surface area contributed by atoms with Gasteiger partial charge in [0, 0.05) is 25.9 Å². The van der Waals surface area contributed by atoms with Crippen molar-refractivity contribution in [1.82, 2.24) is 4.57 Å². The van der Waals surface area contributed by atoms with E-state index in [2.05, 4.69) is 0 Å². The molecule has 60 valence electrons. The highest BCUT2D eigenvalue weighted by Crippen LogP contribution is 2.10. The van der Waals surface area contributed by atoms with Gasteiger partial charge in [0.05, 0.1) is 5.02 Å². The molecule has 1 aromatic rings. The smallest absolute Gasteiger partial charge is 0.250 e. The van der Waals surface area contributed by atoms with Gasteiger partial charge in [0.25, 0.3) is 5.56 Å². The van der Waals surface area contributed by atoms with Crippen LogP contribution in [0.15, 0.2) is 17.1 Å². The zero-order valence-corrected chi connectivity index (χ0v) is 6.93. The second-order valence-electron chi connectivity index (χ2n) is 2.30. The van der Waals surface area contributed by atoms with E-state index < -0.39 is 0 Å². The minimum Gasteiger partial charge on any atom is -0.326 e. The van der Waals surface area contributed by atoms with E-state index >= 15 is 0 Å². The maximum Gasteiger partial charge on any atom is 0.250 e. The Morgan fingerprint density at radius 2 is 2.36 bits per heavy atom. The van der Waals surface area contributed by atoms with Crippen LogP contribution in [0.3, 0.4) is 0 Å². The molecular weight excluding hydrogens is 164 g/mol. The Balaban J connectivity index is 3.32. The van der Waals surface area contributed by atoms with Gasteiger partial charge in [-0.1, -0.05) is 11.6 Å². The van der Waals surface area contributed by atoms with Crippen molar-refractivity contribution in [1.29, 1.82) is 0 Å². The molecule has 3 nitrogen and oxygen atoms in total. The van der Waals surface area contributed by atoms with Crippen LogP contribution in [0, 0.1) is 0 Å². The van der Waals surface area contributed by atoms with Crippen molar-refractivity contribution in [3.8, 4) is 0 Å². The molecule has 0 aliphatic heterocycles. The standard InChI is InChI=1S/C7H9ClN2O/c1-10-4-6(8)5(3-9)2-7(10)11/h2,4H,3,9H2,1H3. The van der Waals surface area contributed by atoms with Gasteiger partial charge in [-0.2, -0.15) is 0 Å². The average Bonchev–Trinajstić information content (AvgIpc) is 1.97. The van der Waals surface area contributed by atoms with Crippen molar-refractivity contribution < 1.29 is 0 Å². The van der Waals surface area contributed by atoms with Gasteiger partial charge in [-0.05, 0) is 5.56 Å². The van der Waals surface area contributed by atoms with E-state index in [4.69, 9.17) is 17.3 Å². The summed E-state index contributed by atoms with van der Waals surface area (Å²) in [4.78, 5) is 11.0. The van der Waals surface area contributed by atoms with Gasteiger partial charge in [-0.3, -0.25) is 4.79 Å². The van der Waals surface area contributed by atoms with Crippen LogP contribution in [-0.4, -0.2) is 4.57 Å². The predicted molar refractivity (Wildman–Crippen MR) is 44.6 cm³/mol. The number of hydrogen-bond acceptors (Lipinski definition) is 2. The van der Waals surface area contributed by atoms with Crippen molar-refractivity contribution in [2.24, 2.45) is 12.8 Å². The highest BCUT2D eigenvalue weighted by Gasteiger charge is 1.99. The third-order valence-corrected chi connectivity index (χ3v) is 1.82. The minimum atomic E-state index is -0.0881. The number of pyridine rings is 1. The van der Waals surface area contributed by atoms with Crippen molar-refractivity contribution in [3.63, 3.8) is 0 Å². The Hall–Kier alpha value is -0.800. The molecule has 11 heavy (non-hydrogen) atoms. The number of hydrogen-bond donors (Lipinski definition) is 1. The molecule has 1 aromatic heterocycles. The predicted octanol–water partition coefficient (Wildman–Crippen LogP) is 0.497. The molecule has 0 saturated carbocycles. The van der Waals surface area contributed by atoms with E-state index in [1.807, 2.05) is 0 Å². The fourth-order valence-corrected chi connectivity index (χ4v) is 1.07. The van der Waals surface area contributed by atoms with Crippen molar-refractivity contribution >= 4 is 11.6 Å². The summed E-state index contributed by atoms with van der Waals surface area (Å²) in [5.41, 5.74) is 5.94. The molecule has 0 aliphatic rings. The lowest BCUT2D eigenvalue weighted by atomic mass is 10.3. The van der Waals surface area contributed by atoms with Crippen LogP contribution in [0.2, 0.25) is 5.02 Å². The molecule has 0 spiro atoms. The molecule has 0 bridgehead atoms. The van der Waals surface area contributed by atoms with Gasteiger partial charge in [-0.25, -0.2) is 0 Å². The molecule has 0 fully saturated rings. The maximum absolute atomic E-state index is 11.0. The molecular formula is C7H9ClN2O. The first-order valence-electron chi connectivity index (χ1n) is 3.20. The molecule has 0 saturated heterocycles. The summed E-state index contributed by atoms with van der Waals surface area (Å²) < 4.78 is 1.42. The largest absolute Gasteiger partial charge is 0.326 e. The first-order chi connectivity index (χ1) is 5.15. The molecule has 1 heterocycles. The molecule has 0 aliphatic carbocycles. The summed E-state index contributed by atoms with van der Waals surface area (Å²) in [6.07, 6.45) is 1.56. The van der Waals surface area contributed by atoms with Crippen LogP contribution in [0.1, 0.15) is 5.56 Å². The molecule has 0 radical (unpaired) electrons. The van der Waals surface area contributed by atoms with Gasteiger partial charge < -0.3 is 10.3 Å². The zero-order chi connectivity index (χ0) is 8.43. The van der Waals surface area contributed by atoms with Crippen LogP contribution < -0.4 is 11.3 Å². The number of aryl methyl sites for hydroxylation is 1. The second-order valence-corrected chi connectivity index (χ2v) is 2.71. The highest BCUT2D eigenvalue weighted by molar-refractivity contribution is 6.31. The molecule has 0 unspecified atom stereocenters. The average molecular weight is 173 g/mol. The number of aromatic nitrogens is 1. The Morgan fingerprint density at radius 3 is 2.91 bits per heavy atom. The normalized spacial score (nSPS) is 10.1. The van der Waals surface area contributed by atoms with E-state index in [1.165, 1.54) is 10.6 Å². The number of nitrogens with zero attached hydrogens (tertiary/aromatic N) is 1. The van der Waals surface area contributed by atoms with E-state index in [9.17, 15) is 4.79 Å². The third-order valence-electron chi connectivity index (χ3n) is 1.48. The summed E-state index contributed by atoms with van der Waals surface area (Å²) in [6.45, 7) is 0.301. The molecule has 0 aromatic carbocycles. The number of nitrogens with two attached hydrogens (primary N) is 1. The van der Waals surface area contributed by atoms with E-state index in [-0.39, 0.29) is 5.56 Å². The van der Waals surface area contributed by atoms with Crippen LogP contribution in [0.4, 0.5) is 0 Å². The fourth-order valence-electron chi connectivity index (χ4n) is 0.793. The van der Waals surface area contributed by atoms with Crippen LogP contribution in [-0.2, 0) is 13.6 Å². The van der Waals surface area contributed by atoms with Crippen molar-refractivity contribution in [2.45, 2.75) is 6.54 Å². The molecule has 0 atom stereocenters. The summed E-state index contributed by atoms with van der Waals surface area (Å²) >= 11 is 5.76. The Kier molecular flexibility index (Phi) is 2.31. The first-order valence-corrected chi connectivity index (χ1v) is 3.58. The van der Waals surface area contributed by atoms with Crippen LogP contribution >= 0.6 is 11.6 Å².